The molecule has 2 nitrogen and oxygen atoms in total. The van der Waals surface area contributed by atoms with Gasteiger partial charge in [-0.1, -0.05) is 13.0 Å². The van der Waals surface area contributed by atoms with Gasteiger partial charge in [0.25, 0.3) is 0 Å². The Balaban J connectivity index is 2.50. The first-order valence-electron chi connectivity index (χ1n) is 6.69. The van der Waals surface area contributed by atoms with E-state index in [1.807, 2.05) is 0 Å². The van der Waals surface area contributed by atoms with Crippen molar-refractivity contribution in [3.05, 3.63) is 49.6 Å². The number of benzene rings is 1. The van der Waals surface area contributed by atoms with E-state index in [1.165, 1.54) is 26.0 Å². The van der Waals surface area contributed by atoms with Crippen LogP contribution in [0.25, 0.3) is 0 Å². The van der Waals surface area contributed by atoms with Gasteiger partial charge in [0.2, 0.25) is 0 Å². The lowest BCUT2D eigenvalue weighted by Gasteiger charge is -2.21. The summed E-state index contributed by atoms with van der Waals surface area (Å²) in [6.07, 6.45) is 0. The van der Waals surface area contributed by atoms with Crippen molar-refractivity contribution < 1.29 is 4.74 Å². The number of hydrogen-bond acceptors (Lipinski definition) is 3. The van der Waals surface area contributed by atoms with E-state index in [-0.39, 0.29) is 6.04 Å². The highest BCUT2D eigenvalue weighted by atomic mass is 79.9. The first kappa shape index (κ1) is 15.5. The summed E-state index contributed by atoms with van der Waals surface area (Å²) in [6, 6.07) is 6.68. The van der Waals surface area contributed by atoms with Crippen LogP contribution in [0.5, 0.6) is 5.75 Å². The number of aryl methyl sites for hydroxylation is 2. The number of ether oxygens (including phenoxy) is 1. The molecule has 1 unspecified atom stereocenters. The number of thiophene rings is 1. The van der Waals surface area contributed by atoms with Gasteiger partial charge in [0.05, 0.1) is 13.2 Å². The van der Waals surface area contributed by atoms with Gasteiger partial charge in [0, 0.05) is 9.35 Å². The molecular formula is C16H20BrNOS. The Morgan fingerprint density at radius 1 is 1.30 bits per heavy atom. The van der Waals surface area contributed by atoms with Gasteiger partial charge in [-0.3, -0.25) is 0 Å². The van der Waals surface area contributed by atoms with Crippen LogP contribution in [0.3, 0.4) is 0 Å². The average molecular weight is 354 g/mol. The Labute approximate surface area is 133 Å². The van der Waals surface area contributed by atoms with Gasteiger partial charge in [-0.15, -0.1) is 11.3 Å². The van der Waals surface area contributed by atoms with E-state index in [0.717, 1.165) is 12.3 Å². The van der Waals surface area contributed by atoms with Crippen molar-refractivity contribution >= 4 is 27.3 Å². The first-order valence-corrected chi connectivity index (χ1v) is 8.37. The molecule has 0 saturated carbocycles. The van der Waals surface area contributed by atoms with Crippen LogP contribution < -0.4 is 10.1 Å². The van der Waals surface area contributed by atoms with Crippen LogP contribution in [-0.2, 0) is 0 Å². The SMILES string of the molecule is CCNC(c1cc(C)c(OC)cc1C)c1sccc1Br. The van der Waals surface area contributed by atoms with Crippen molar-refractivity contribution in [1.29, 1.82) is 0 Å². The van der Waals surface area contributed by atoms with Crippen molar-refractivity contribution in [3.8, 4) is 5.75 Å². The molecule has 2 aromatic rings. The quantitative estimate of drug-likeness (QED) is 0.830. The Morgan fingerprint density at radius 3 is 2.60 bits per heavy atom. The third-order valence-corrected chi connectivity index (χ3v) is 5.35. The molecule has 0 radical (unpaired) electrons. The van der Waals surface area contributed by atoms with Gasteiger partial charge < -0.3 is 10.1 Å². The van der Waals surface area contributed by atoms with Crippen LogP contribution in [0, 0.1) is 13.8 Å². The largest absolute Gasteiger partial charge is 0.496 e. The van der Waals surface area contributed by atoms with Crippen molar-refractivity contribution in [1.82, 2.24) is 5.32 Å². The summed E-state index contributed by atoms with van der Waals surface area (Å²) in [4.78, 5) is 1.32. The fourth-order valence-electron chi connectivity index (χ4n) is 2.40. The lowest BCUT2D eigenvalue weighted by Crippen LogP contribution is -2.22. The Morgan fingerprint density at radius 2 is 2.05 bits per heavy atom. The molecule has 108 valence electrons. The van der Waals surface area contributed by atoms with Gasteiger partial charge in [-0.25, -0.2) is 0 Å². The topological polar surface area (TPSA) is 21.3 Å². The minimum Gasteiger partial charge on any atom is -0.496 e. The van der Waals surface area contributed by atoms with E-state index >= 15 is 0 Å². The number of nitrogens with one attached hydrogen (secondary N) is 1. The molecule has 0 fully saturated rings. The molecule has 0 amide bonds. The minimum absolute atomic E-state index is 0.221. The molecule has 1 aromatic heterocycles. The van der Waals surface area contributed by atoms with Crippen molar-refractivity contribution in [3.63, 3.8) is 0 Å². The van der Waals surface area contributed by atoms with Gasteiger partial charge in [-0.05, 0) is 70.5 Å². The van der Waals surface area contributed by atoms with Crippen LogP contribution in [0.15, 0.2) is 28.1 Å². The van der Waals surface area contributed by atoms with Crippen molar-refractivity contribution in [2.24, 2.45) is 0 Å². The predicted molar refractivity (Wildman–Crippen MR) is 90.0 cm³/mol. The molecule has 0 aliphatic rings. The fourth-order valence-corrected chi connectivity index (χ4v) is 4.10. The molecule has 0 bridgehead atoms. The summed E-state index contributed by atoms with van der Waals surface area (Å²) >= 11 is 5.43. The molecule has 1 heterocycles. The van der Waals surface area contributed by atoms with Crippen molar-refractivity contribution in [2.75, 3.05) is 13.7 Å². The maximum absolute atomic E-state index is 5.41. The summed E-state index contributed by atoms with van der Waals surface area (Å²) in [6.45, 7) is 7.30. The molecule has 1 N–H and O–H groups in total. The number of rotatable bonds is 5. The second kappa shape index (κ2) is 6.74. The van der Waals surface area contributed by atoms with E-state index < -0.39 is 0 Å². The Kier molecular flexibility index (Phi) is 5.24. The second-order valence-corrected chi connectivity index (χ2v) is 6.60. The fraction of sp³-hybridized carbons (Fsp3) is 0.375. The zero-order valence-corrected chi connectivity index (χ0v) is 14.7. The Hall–Kier alpha value is -0.840. The number of methoxy groups -OCH3 is 1. The van der Waals surface area contributed by atoms with Crippen LogP contribution in [-0.4, -0.2) is 13.7 Å². The zero-order chi connectivity index (χ0) is 14.7. The molecule has 20 heavy (non-hydrogen) atoms. The lowest BCUT2D eigenvalue weighted by molar-refractivity contribution is 0.411. The zero-order valence-electron chi connectivity index (χ0n) is 12.3. The molecule has 2 rings (SSSR count). The highest BCUT2D eigenvalue weighted by Gasteiger charge is 2.20. The first-order chi connectivity index (χ1) is 9.58. The highest BCUT2D eigenvalue weighted by molar-refractivity contribution is 9.10. The van der Waals surface area contributed by atoms with Gasteiger partial charge in [-0.2, -0.15) is 0 Å². The van der Waals surface area contributed by atoms with Gasteiger partial charge in [0.1, 0.15) is 5.75 Å². The molecule has 4 heteroatoms. The highest BCUT2D eigenvalue weighted by Crippen LogP contribution is 2.36. The third-order valence-electron chi connectivity index (χ3n) is 3.41. The minimum atomic E-state index is 0.221. The third kappa shape index (κ3) is 3.08. The number of halogens is 1. The summed E-state index contributed by atoms with van der Waals surface area (Å²) in [5.41, 5.74) is 3.73. The van der Waals surface area contributed by atoms with E-state index in [9.17, 15) is 0 Å². The maximum atomic E-state index is 5.41. The van der Waals surface area contributed by atoms with E-state index in [0.29, 0.717) is 0 Å². The smallest absolute Gasteiger partial charge is 0.122 e. The Bertz CT molecular complexity index is 594. The lowest BCUT2D eigenvalue weighted by atomic mass is 9.97. The molecule has 0 saturated heterocycles. The summed E-state index contributed by atoms with van der Waals surface area (Å²) in [5.74, 6) is 0.951. The number of hydrogen-bond donors (Lipinski definition) is 1. The molecule has 0 aliphatic heterocycles. The van der Waals surface area contributed by atoms with Crippen LogP contribution in [0.1, 0.15) is 34.5 Å². The van der Waals surface area contributed by atoms with Gasteiger partial charge >= 0.3 is 0 Å². The molecule has 1 aromatic carbocycles. The molecule has 0 spiro atoms. The van der Waals surface area contributed by atoms with Crippen molar-refractivity contribution in [2.45, 2.75) is 26.8 Å². The monoisotopic (exact) mass is 353 g/mol. The van der Waals surface area contributed by atoms with E-state index in [1.54, 1.807) is 18.4 Å². The maximum Gasteiger partial charge on any atom is 0.122 e. The van der Waals surface area contributed by atoms with E-state index in [4.69, 9.17) is 4.74 Å². The standard InChI is InChI=1S/C16H20BrNOS/c1-5-18-15(16-13(17)6-7-20-16)12-8-11(3)14(19-4)9-10(12)2/h6-9,15,18H,5H2,1-4H3. The average Bonchev–Trinajstić information content (AvgIpc) is 2.84. The molecule has 1 atom stereocenters. The van der Waals surface area contributed by atoms with Crippen LogP contribution >= 0.6 is 27.3 Å². The second-order valence-electron chi connectivity index (χ2n) is 4.80. The van der Waals surface area contributed by atoms with Gasteiger partial charge in [0.15, 0.2) is 0 Å². The summed E-state index contributed by atoms with van der Waals surface area (Å²) < 4.78 is 6.58. The van der Waals surface area contributed by atoms with Crippen LogP contribution in [0.4, 0.5) is 0 Å². The molecule has 0 aliphatic carbocycles. The molecular weight excluding hydrogens is 334 g/mol. The normalized spacial score (nSPS) is 12.4. The summed E-state index contributed by atoms with van der Waals surface area (Å²) in [7, 11) is 1.72. The predicted octanol–water partition coefficient (Wildman–Crippen LogP) is 4.83. The van der Waals surface area contributed by atoms with Crippen LogP contribution in [0.2, 0.25) is 0 Å². The summed E-state index contributed by atoms with van der Waals surface area (Å²) in [5, 5.41) is 5.71. The van der Waals surface area contributed by atoms with E-state index in [2.05, 4.69) is 65.6 Å².